The highest BCUT2D eigenvalue weighted by Crippen LogP contribution is 2.04. The van der Waals surface area contributed by atoms with Gasteiger partial charge in [0.25, 0.3) is 5.91 Å². The maximum Gasteiger partial charge on any atom is 0.251 e. The summed E-state index contributed by atoms with van der Waals surface area (Å²) in [6.07, 6.45) is -0.753. The molecule has 2 amide bonds. The third-order valence-corrected chi connectivity index (χ3v) is 2.84. The lowest BCUT2D eigenvalue weighted by molar-refractivity contribution is -0.130. The molecule has 0 aliphatic heterocycles. The van der Waals surface area contributed by atoms with E-state index in [1.807, 2.05) is 0 Å². The fourth-order valence-electron chi connectivity index (χ4n) is 1.69. The van der Waals surface area contributed by atoms with Crippen LogP contribution in [0.4, 0.5) is 5.69 Å². The Balaban J connectivity index is 2.41. The van der Waals surface area contributed by atoms with Crippen LogP contribution in [0.25, 0.3) is 0 Å². The highest BCUT2D eigenvalue weighted by Gasteiger charge is 2.14. The zero-order valence-corrected chi connectivity index (χ0v) is 12.2. The van der Waals surface area contributed by atoms with Crippen LogP contribution in [0.5, 0.6) is 0 Å². The second kappa shape index (κ2) is 8.23. The quantitative estimate of drug-likeness (QED) is 0.586. The van der Waals surface area contributed by atoms with E-state index < -0.39 is 6.10 Å². The van der Waals surface area contributed by atoms with E-state index in [0.29, 0.717) is 11.3 Å². The van der Waals surface area contributed by atoms with E-state index >= 15 is 0 Å². The molecule has 21 heavy (non-hydrogen) atoms. The van der Waals surface area contributed by atoms with Gasteiger partial charge in [-0.1, -0.05) is 0 Å². The fraction of sp³-hybridized carbons (Fsp3) is 0.429. The SMILES string of the molecule is COCC(O)CN(C)C(=O)CNC(=O)c1ccc(N)cc1. The number of aliphatic hydroxyl groups excluding tert-OH is 1. The molecule has 0 spiro atoms. The van der Waals surface area contributed by atoms with E-state index in [0.717, 1.165) is 0 Å². The predicted molar refractivity (Wildman–Crippen MR) is 78.7 cm³/mol. The second-order valence-electron chi connectivity index (χ2n) is 4.69. The van der Waals surface area contributed by atoms with Crippen LogP contribution in [-0.2, 0) is 9.53 Å². The molecule has 0 radical (unpaired) electrons. The fourth-order valence-corrected chi connectivity index (χ4v) is 1.69. The summed E-state index contributed by atoms with van der Waals surface area (Å²) >= 11 is 0. The van der Waals surface area contributed by atoms with Gasteiger partial charge in [-0.25, -0.2) is 0 Å². The normalized spacial score (nSPS) is 11.8. The highest BCUT2D eigenvalue weighted by atomic mass is 16.5. The lowest BCUT2D eigenvalue weighted by Gasteiger charge is -2.20. The number of methoxy groups -OCH3 is 1. The van der Waals surface area contributed by atoms with Gasteiger partial charge in [0, 0.05) is 32.0 Å². The van der Waals surface area contributed by atoms with Crippen LogP contribution in [0.15, 0.2) is 24.3 Å². The number of carbonyl (C=O) groups is 2. The summed E-state index contributed by atoms with van der Waals surface area (Å²) < 4.78 is 4.78. The number of nitrogen functional groups attached to an aromatic ring is 1. The first-order valence-corrected chi connectivity index (χ1v) is 6.48. The van der Waals surface area contributed by atoms with Crippen molar-refractivity contribution in [2.24, 2.45) is 0 Å². The summed E-state index contributed by atoms with van der Waals surface area (Å²) in [5, 5.41) is 12.1. The number of aliphatic hydroxyl groups is 1. The molecule has 1 unspecified atom stereocenters. The number of ether oxygens (including phenoxy) is 1. The Morgan fingerprint density at radius 2 is 2.00 bits per heavy atom. The summed E-state index contributed by atoms with van der Waals surface area (Å²) in [6.45, 7) is 0.152. The second-order valence-corrected chi connectivity index (χ2v) is 4.69. The van der Waals surface area contributed by atoms with Crippen LogP contribution in [-0.4, -0.2) is 61.8 Å². The third kappa shape index (κ3) is 5.80. The Labute approximate surface area is 123 Å². The molecular weight excluding hydrogens is 274 g/mol. The zero-order chi connectivity index (χ0) is 15.8. The molecule has 1 atom stereocenters. The van der Waals surface area contributed by atoms with Gasteiger partial charge < -0.3 is 25.8 Å². The van der Waals surface area contributed by atoms with Crippen molar-refractivity contribution in [1.82, 2.24) is 10.2 Å². The minimum Gasteiger partial charge on any atom is -0.399 e. The van der Waals surface area contributed by atoms with E-state index in [4.69, 9.17) is 10.5 Å². The first-order valence-electron chi connectivity index (χ1n) is 6.48. The largest absolute Gasteiger partial charge is 0.399 e. The molecule has 7 heteroatoms. The van der Waals surface area contributed by atoms with Crippen molar-refractivity contribution >= 4 is 17.5 Å². The average molecular weight is 295 g/mol. The molecular formula is C14H21N3O4. The number of carbonyl (C=O) groups excluding carboxylic acids is 2. The molecule has 0 heterocycles. The summed E-state index contributed by atoms with van der Waals surface area (Å²) in [5.41, 5.74) is 6.53. The van der Waals surface area contributed by atoms with Gasteiger partial charge in [-0.2, -0.15) is 0 Å². The van der Waals surface area contributed by atoms with Gasteiger partial charge in [-0.15, -0.1) is 0 Å². The van der Waals surface area contributed by atoms with Crippen LogP contribution in [0.1, 0.15) is 10.4 Å². The standard InChI is InChI=1S/C14H21N3O4/c1-17(8-12(18)9-21-2)13(19)7-16-14(20)10-3-5-11(15)6-4-10/h3-6,12,18H,7-9,15H2,1-2H3,(H,16,20). The van der Waals surface area contributed by atoms with E-state index in [9.17, 15) is 14.7 Å². The van der Waals surface area contributed by atoms with Crippen molar-refractivity contribution in [2.75, 3.05) is 39.6 Å². The minimum absolute atomic E-state index is 0.139. The maximum absolute atomic E-state index is 11.8. The smallest absolute Gasteiger partial charge is 0.251 e. The van der Waals surface area contributed by atoms with E-state index in [1.54, 1.807) is 31.3 Å². The Morgan fingerprint density at radius 1 is 1.38 bits per heavy atom. The van der Waals surface area contributed by atoms with Gasteiger partial charge in [-0.3, -0.25) is 9.59 Å². The molecule has 1 rings (SSSR count). The number of hydrogen-bond donors (Lipinski definition) is 3. The van der Waals surface area contributed by atoms with Crippen LogP contribution >= 0.6 is 0 Å². The molecule has 0 saturated carbocycles. The molecule has 0 fully saturated rings. The summed E-state index contributed by atoms with van der Waals surface area (Å²) in [6, 6.07) is 6.40. The molecule has 0 aliphatic rings. The zero-order valence-electron chi connectivity index (χ0n) is 12.2. The molecule has 1 aromatic carbocycles. The number of rotatable bonds is 7. The van der Waals surface area contributed by atoms with Crippen LogP contribution in [0, 0.1) is 0 Å². The molecule has 4 N–H and O–H groups in total. The average Bonchev–Trinajstić information content (AvgIpc) is 2.45. The number of nitrogens with zero attached hydrogens (tertiary/aromatic N) is 1. The minimum atomic E-state index is -0.753. The Morgan fingerprint density at radius 3 is 2.57 bits per heavy atom. The van der Waals surface area contributed by atoms with Crippen molar-refractivity contribution in [3.63, 3.8) is 0 Å². The van der Waals surface area contributed by atoms with Gasteiger partial charge in [0.15, 0.2) is 0 Å². The predicted octanol–water partition coefficient (Wildman–Crippen LogP) is -0.536. The van der Waals surface area contributed by atoms with Crippen molar-refractivity contribution in [3.05, 3.63) is 29.8 Å². The number of benzene rings is 1. The Bertz CT molecular complexity index is 476. The number of nitrogens with two attached hydrogens (primary N) is 1. The molecule has 0 bridgehead atoms. The number of anilines is 1. The summed E-state index contributed by atoms with van der Waals surface area (Å²) in [5.74, 6) is -0.650. The number of amides is 2. The van der Waals surface area contributed by atoms with Gasteiger partial charge in [0.05, 0.1) is 19.3 Å². The van der Waals surface area contributed by atoms with Crippen molar-refractivity contribution in [1.29, 1.82) is 0 Å². The topological polar surface area (TPSA) is 105 Å². The number of likely N-dealkylation sites (N-methyl/N-ethyl adjacent to an activating group) is 1. The lowest BCUT2D eigenvalue weighted by Crippen LogP contribution is -2.42. The van der Waals surface area contributed by atoms with Crippen molar-refractivity contribution in [3.8, 4) is 0 Å². The summed E-state index contributed by atoms with van der Waals surface area (Å²) in [7, 11) is 3.02. The highest BCUT2D eigenvalue weighted by molar-refractivity contribution is 5.96. The third-order valence-electron chi connectivity index (χ3n) is 2.84. The monoisotopic (exact) mass is 295 g/mol. The Hall–Kier alpha value is -2.12. The summed E-state index contributed by atoms with van der Waals surface area (Å²) in [4.78, 5) is 25.0. The first-order chi connectivity index (χ1) is 9.93. The van der Waals surface area contributed by atoms with E-state index in [1.165, 1.54) is 12.0 Å². The van der Waals surface area contributed by atoms with Crippen molar-refractivity contribution in [2.45, 2.75) is 6.10 Å². The van der Waals surface area contributed by atoms with Crippen LogP contribution < -0.4 is 11.1 Å². The van der Waals surface area contributed by atoms with Gasteiger partial charge >= 0.3 is 0 Å². The number of nitrogens with one attached hydrogen (secondary N) is 1. The molecule has 7 nitrogen and oxygen atoms in total. The molecule has 0 aliphatic carbocycles. The maximum atomic E-state index is 11.8. The number of hydrogen-bond acceptors (Lipinski definition) is 5. The Kier molecular flexibility index (Phi) is 6.64. The molecule has 116 valence electrons. The molecule has 1 aromatic rings. The van der Waals surface area contributed by atoms with Gasteiger partial charge in [-0.05, 0) is 24.3 Å². The van der Waals surface area contributed by atoms with Gasteiger partial charge in [0.2, 0.25) is 5.91 Å². The first kappa shape index (κ1) is 16.9. The van der Waals surface area contributed by atoms with E-state index in [-0.39, 0.29) is 31.5 Å². The molecule has 0 aromatic heterocycles. The van der Waals surface area contributed by atoms with Crippen LogP contribution in [0.2, 0.25) is 0 Å². The van der Waals surface area contributed by atoms with Gasteiger partial charge in [0.1, 0.15) is 0 Å². The lowest BCUT2D eigenvalue weighted by atomic mass is 10.2. The van der Waals surface area contributed by atoms with Crippen LogP contribution in [0.3, 0.4) is 0 Å². The van der Waals surface area contributed by atoms with E-state index in [2.05, 4.69) is 5.32 Å². The van der Waals surface area contributed by atoms with Crippen molar-refractivity contribution < 1.29 is 19.4 Å². The molecule has 0 saturated heterocycles.